The molecule has 6 atom stereocenters. The zero-order valence-electron chi connectivity index (χ0n) is 12.8. The van der Waals surface area contributed by atoms with Gasteiger partial charge in [-0.1, -0.05) is 6.42 Å². The summed E-state index contributed by atoms with van der Waals surface area (Å²) in [6.45, 7) is 3.65. The van der Waals surface area contributed by atoms with Crippen LogP contribution in [0.3, 0.4) is 0 Å². The van der Waals surface area contributed by atoms with Crippen LogP contribution < -0.4 is 0 Å². The molecule has 3 saturated carbocycles. The lowest BCUT2D eigenvalue weighted by atomic mass is 9.42. The highest BCUT2D eigenvalue weighted by molar-refractivity contribution is 5.96. The number of esters is 1. The first kappa shape index (κ1) is 13.7. The Balaban J connectivity index is 1.74. The quantitative estimate of drug-likeness (QED) is 0.689. The normalized spacial score (nSPS) is 49.9. The van der Waals surface area contributed by atoms with E-state index in [0.29, 0.717) is 12.3 Å². The molecule has 1 saturated heterocycles. The van der Waals surface area contributed by atoms with Gasteiger partial charge in [0.1, 0.15) is 6.10 Å². The number of ether oxygens (including phenoxy) is 3. The van der Waals surface area contributed by atoms with Gasteiger partial charge in [0.15, 0.2) is 11.6 Å². The first-order valence-corrected chi connectivity index (χ1v) is 7.88. The summed E-state index contributed by atoms with van der Waals surface area (Å²) in [7, 11) is 1.42. The Labute approximate surface area is 124 Å². The highest BCUT2D eigenvalue weighted by atomic mass is 16.8. The number of carbonyl (C=O) groups is 2. The van der Waals surface area contributed by atoms with Crippen LogP contribution in [-0.2, 0) is 23.8 Å². The molecule has 4 rings (SSSR count). The number of rotatable bonds is 1. The fourth-order valence-electron chi connectivity index (χ4n) is 5.55. The molecule has 0 aromatic rings. The van der Waals surface area contributed by atoms with Crippen molar-refractivity contribution >= 4 is 11.8 Å². The zero-order valence-corrected chi connectivity index (χ0v) is 12.8. The maximum Gasteiger partial charge on any atom is 0.312 e. The standard InChI is InChI=1S/C16H22O5/c1-15(2)20-10-7-16(14(18)19-3)9-6-4-5-8(9)11(16)12(17)13(10)21-15/h8-11,13H,4-7H2,1-3H3/t8-,9+,10+,11-,13+,16+/m0/s1. The summed E-state index contributed by atoms with van der Waals surface area (Å²) in [5, 5.41) is 0. The van der Waals surface area contributed by atoms with Crippen LogP contribution in [0.15, 0.2) is 0 Å². The number of methoxy groups -OCH3 is 1. The molecule has 3 aliphatic carbocycles. The number of fused-ring (bicyclic) bond motifs is 5. The van der Waals surface area contributed by atoms with Gasteiger partial charge in [0.25, 0.3) is 0 Å². The lowest BCUT2D eigenvalue weighted by Crippen LogP contribution is -2.68. The van der Waals surface area contributed by atoms with Crippen LogP contribution >= 0.6 is 0 Å². The highest BCUT2D eigenvalue weighted by Crippen LogP contribution is 2.68. The summed E-state index contributed by atoms with van der Waals surface area (Å²) >= 11 is 0. The fourth-order valence-corrected chi connectivity index (χ4v) is 5.55. The molecular formula is C16H22O5. The molecular weight excluding hydrogens is 272 g/mol. The summed E-state index contributed by atoms with van der Waals surface area (Å²) in [6, 6.07) is 0. The van der Waals surface area contributed by atoms with Crippen molar-refractivity contribution in [2.45, 2.75) is 57.5 Å². The van der Waals surface area contributed by atoms with E-state index < -0.39 is 17.3 Å². The van der Waals surface area contributed by atoms with Crippen LogP contribution in [0.5, 0.6) is 0 Å². The number of ketones is 1. The molecule has 0 radical (unpaired) electrons. The second-order valence-corrected chi connectivity index (χ2v) is 7.41. The van der Waals surface area contributed by atoms with Gasteiger partial charge in [-0.2, -0.15) is 0 Å². The summed E-state index contributed by atoms with van der Waals surface area (Å²) in [6.07, 6.45) is 2.90. The van der Waals surface area contributed by atoms with E-state index in [1.165, 1.54) is 7.11 Å². The number of carbonyl (C=O) groups excluding carboxylic acids is 2. The summed E-state index contributed by atoms with van der Waals surface area (Å²) in [5.41, 5.74) is -0.655. The van der Waals surface area contributed by atoms with Gasteiger partial charge in [-0.25, -0.2) is 0 Å². The molecule has 1 heterocycles. The second kappa shape index (κ2) is 4.07. The average Bonchev–Trinajstić information content (AvgIpc) is 2.96. The summed E-state index contributed by atoms with van der Waals surface area (Å²) < 4.78 is 16.8. The molecule has 0 aromatic heterocycles. The van der Waals surface area contributed by atoms with Crippen LogP contribution in [0.4, 0.5) is 0 Å². The second-order valence-electron chi connectivity index (χ2n) is 7.41. The number of hydrogen-bond acceptors (Lipinski definition) is 5. The van der Waals surface area contributed by atoms with Crippen LogP contribution in [-0.4, -0.2) is 36.9 Å². The largest absolute Gasteiger partial charge is 0.469 e. The predicted molar refractivity (Wildman–Crippen MR) is 72.2 cm³/mol. The third kappa shape index (κ3) is 1.54. The van der Waals surface area contributed by atoms with Crippen LogP contribution in [0.1, 0.15) is 39.5 Å². The summed E-state index contributed by atoms with van der Waals surface area (Å²) in [5.74, 6) is -0.518. The van der Waals surface area contributed by atoms with Gasteiger partial charge in [0, 0.05) is 5.92 Å². The van der Waals surface area contributed by atoms with Crippen molar-refractivity contribution in [3.63, 3.8) is 0 Å². The van der Waals surface area contributed by atoms with Crippen molar-refractivity contribution in [1.29, 1.82) is 0 Å². The number of Topliss-reactive ketones (excluding diaryl/α,β-unsaturated/α-hetero) is 1. The van der Waals surface area contributed by atoms with Gasteiger partial charge in [0.05, 0.1) is 18.6 Å². The molecule has 0 spiro atoms. The van der Waals surface area contributed by atoms with Gasteiger partial charge >= 0.3 is 5.97 Å². The van der Waals surface area contributed by atoms with Crippen molar-refractivity contribution < 1.29 is 23.8 Å². The van der Waals surface area contributed by atoms with Crippen molar-refractivity contribution in [2.24, 2.45) is 23.2 Å². The molecule has 0 unspecified atom stereocenters. The van der Waals surface area contributed by atoms with E-state index in [-0.39, 0.29) is 29.7 Å². The molecule has 116 valence electrons. The molecule has 4 aliphatic rings. The lowest BCUT2D eigenvalue weighted by molar-refractivity contribution is -0.206. The first-order chi connectivity index (χ1) is 9.90. The highest BCUT2D eigenvalue weighted by Gasteiger charge is 2.75. The molecule has 5 nitrogen and oxygen atoms in total. The first-order valence-electron chi connectivity index (χ1n) is 7.88. The van der Waals surface area contributed by atoms with Crippen molar-refractivity contribution in [1.82, 2.24) is 0 Å². The van der Waals surface area contributed by atoms with Crippen molar-refractivity contribution in [2.75, 3.05) is 7.11 Å². The molecule has 0 N–H and O–H groups in total. The van der Waals surface area contributed by atoms with E-state index in [2.05, 4.69) is 0 Å². The monoisotopic (exact) mass is 294 g/mol. The van der Waals surface area contributed by atoms with E-state index in [4.69, 9.17) is 14.2 Å². The molecule has 0 bridgehead atoms. The molecule has 0 amide bonds. The third-order valence-corrected chi connectivity index (χ3v) is 6.09. The lowest BCUT2D eigenvalue weighted by Gasteiger charge is -2.60. The minimum atomic E-state index is -0.749. The van der Waals surface area contributed by atoms with E-state index in [0.717, 1.165) is 19.3 Å². The Hall–Kier alpha value is -0.940. The maximum atomic E-state index is 12.9. The predicted octanol–water partition coefficient (Wildman–Crippen LogP) is 1.68. The summed E-state index contributed by atoms with van der Waals surface area (Å²) in [4.78, 5) is 25.4. The topological polar surface area (TPSA) is 61.8 Å². The molecule has 21 heavy (non-hydrogen) atoms. The van der Waals surface area contributed by atoms with E-state index in [1.807, 2.05) is 13.8 Å². The minimum absolute atomic E-state index is 0.0605. The Morgan fingerprint density at radius 2 is 2.05 bits per heavy atom. The molecule has 4 fully saturated rings. The average molecular weight is 294 g/mol. The van der Waals surface area contributed by atoms with E-state index in [1.54, 1.807) is 0 Å². The van der Waals surface area contributed by atoms with Crippen molar-refractivity contribution in [3.05, 3.63) is 0 Å². The van der Waals surface area contributed by atoms with Gasteiger partial charge in [-0.3, -0.25) is 9.59 Å². The Kier molecular flexibility index (Phi) is 2.66. The third-order valence-electron chi connectivity index (χ3n) is 6.09. The van der Waals surface area contributed by atoms with Crippen LogP contribution in [0, 0.1) is 23.2 Å². The van der Waals surface area contributed by atoms with Gasteiger partial charge in [-0.15, -0.1) is 0 Å². The maximum absolute atomic E-state index is 12.9. The minimum Gasteiger partial charge on any atom is -0.469 e. The van der Waals surface area contributed by atoms with Gasteiger partial charge in [-0.05, 0) is 44.9 Å². The molecule has 5 heteroatoms. The van der Waals surface area contributed by atoms with Crippen LogP contribution in [0.2, 0.25) is 0 Å². The van der Waals surface area contributed by atoms with Crippen LogP contribution in [0.25, 0.3) is 0 Å². The Bertz CT molecular complexity index is 513. The zero-order chi connectivity index (χ0) is 15.0. The Morgan fingerprint density at radius 3 is 2.76 bits per heavy atom. The fraction of sp³-hybridized carbons (Fsp3) is 0.875. The van der Waals surface area contributed by atoms with Crippen molar-refractivity contribution in [3.8, 4) is 0 Å². The van der Waals surface area contributed by atoms with E-state index >= 15 is 0 Å². The number of hydrogen-bond donors (Lipinski definition) is 0. The SMILES string of the molecule is COC(=O)[C@@]12C[C@H]3OC(C)(C)O[C@H]3C(=O)[C@@H]1[C@H]1CCC[C@H]12. The molecule has 1 aliphatic heterocycles. The van der Waals surface area contributed by atoms with Gasteiger partial charge in [0.2, 0.25) is 0 Å². The van der Waals surface area contributed by atoms with E-state index in [9.17, 15) is 9.59 Å². The Morgan fingerprint density at radius 1 is 1.29 bits per heavy atom. The smallest absolute Gasteiger partial charge is 0.312 e. The molecule has 0 aromatic carbocycles. The van der Waals surface area contributed by atoms with Gasteiger partial charge < -0.3 is 14.2 Å².